The van der Waals surface area contributed by atoms with Crippen molar-refractivity contribution in [1.29, 1.82) is 0 Å². The van der Waals surface area contributed by atoms with Crippen molar-refractivity contribution in [3.63, 3.8) is 0 Å². The average molecular weight is 272 g/mol. The first-order valence-electron chi connectivity index (χ1n) is 8.00. The minimum atomic E-state index is 0.416. The van der Waals surface area contributed by atoms with Crippen molar-refractivity contribution in [3.8, 4) is 5.75 Å². The van der Waals surface area contributed by atoms with Crippen molar-refractivity contribution in [2.45, 2.75) is 50.2 Å². The lowest BCUT2D eigenvalue weighted by molar-refractivity contribution is 0.171. The molecule has 0 radical (unpaired) electrons. The molecule has 3 unspecified atom stereocenters. The topological polar surface area (TPSA) is 26.7 Å². The number of rotatable bonds is 1. The van der Waals surface area contributed by atoms with E-state index in [1.54, 1.807) is 0 Å². The molecule has 2 aliphatic heterocycles. The summed E-state index contributed by atoms with van der Waals surface area (Å²) in [5, 5.41) is 9.64. The molecular formula is C17H24N2O. The van der Waals surface area contributed by atoms with Crippen LogP contribution < -0.4 is 0 Å². The Kier molecular flexibility index (Phi) is 3.00. The van der Waals surface area contributed by atoms with Crippen LogP contribution in [0, 0.1) is 0 Å². The molecule has 3 atom stereocenters. The lowest BCUT2D eigenvalue weighted by atomic mass is 10.0. The standard InChI is InChI=1S/C17H24N2O/c1-18-13-3-4-14(18)11-19(9-8-13)17-7-2-12-10-15(20)5-6-16(12)17/h5-6,10,13-14,17,20H,2-4,7-9,11H2,1H3. The average Bonchev–Trinajstić information content (AvgIpc) is 2.92. The zero-order valence-electron chi connectivity index (χ0n) is 12.3. The highest BCUT2D eigenvalue weighted by Crippen LogP contribution is 2.40. The maximum absolute atomic E-state index is 9.64. The Hall–Kier alpha value is -1.06. The molecule has 2 bridgehead atoms. The maximum atomic E-state index is 9.64. The van der Waals surface area contributed by atoms with Gasteiger partial charge in [0.2, 0.25) is 0 Å². The summed E-state index contributed by atoms with van der Waals surface area (Å²) in [5.74, 6) is 0.416. The molecule has 108 valence electrons. The summed E-state index contributed by atoms with van der Waals surface area (Å²) in [4.78, 5) is 5.33. The van der Waals surface area contributed by atoms with Gasteiger partial charge in [0.1, 0.15) is 5.75 Å². The second kappa shape index (κ2) is 4.74. The quantitative estimate of drug-likeness (QED) is 0.851. The first kappa shape index (κ1) is 12.7. The van der Waals surface area contributed by atoms with Gasteiger partial charge in [0.25, 0.3) is 0 Å². The molecule has 20 heavy (non-hydrogen) atoms. The highest BCUT2D eigenvalue weighted by Gasteiger charge is 2.38. The fourth-order valence-corrected chi connectivity index (χ4v) is 4.58. The zero-order valence-corrected chi connectivity index (χ0v) is 12.3. The molecule has 0 aromatic heterocycles. The lowest BCUT2D eigenvalue weighted by Gasteiger charge is -2.31. The SMILES string of the molecule is CN1C2CCC1CN(C1CCc3cc(O)ccc31)CC2. The van der Waals surface area contributed by atoms with Crippen molar-refractivity contribution in [2.24, 2.45) is 0 Å². The van der Waals surface area contributed by atoms with E-state index in [9.17, 15) is 5.11 Å². The number of phenols is 1. The number of hydrogen-bond acceptors (Lipinski definition) is 3. The number of aryl methyl sites for hydroxylation is 1. The highest BCUT2D eigenvalue weighted by molar-refractivity contribution is 5.40. The van der Waals surface area contributed by atoms with Crippen LogP contribution in [0.3, 0.4) is 0 Å². The van der Waals surface area contributed by atoms with Gasteiger partial charge in [-0.3, -0.25) is 9.80 Å². The van der Waals surface area contributed by atoms with E-state index in [-0.39, 0.29) is 0 Å². The summed E-state index contributed by atoms with van der Waals surface area (Å²) in [6.07, 6.45) is 6.42. The molecule has 1 aromatic carbocycles. The van der Waals surface area contributed by atoms with Crippen molar-refractivity contribution in [2.75, 3.05) is 20.1 Å². The molecule has 4 rings (SSSR count). The minimum absolute atomic E-state index is 0.416. The van der Waals surface area contributed by atoms with Gasteiger partial charge in [0.05, 0.1) is 0 Å². The monoisotopic (exact) mass is 272 g/mol. The van der Waals surface area contributed by atoms with Crippen molar-refractivity contribution in [3.05, 3.63) is 29.3 Å². The third-order valence-electron chi connectivity index (χ3n) is 5.79. The largest absolute Gasteiger partial charge is 0.508 e. The van der Waals surface area contributed by atoms with E-state index in [0.29, 0.717) is 11.8 Å². The van der Waals surface area contributed by atoms with Gasteiger partial charge in [-0.2, -0.15) is 0 Å². The van der Waals surface area contributed by atoms with Crippen molar-refractivity contribution < 1.29 is 5.11 Å². The number of likely N-dealkylation sites (N-methyl/N-ethyl adjacent to an activating group) is 1. The Bertz CT molecular complexity index is 516. The first-order chi connectivity index (χ1) is 9.72. The number of nitrogens with zero attached hydrogens (tertiary/aromatic N) is 2. The minimum Gasteiger partial charge on any atom is -0.508 e. The van der Waals surface area contributed by atoms with Gasteiger partial charge in [-0.25, -0.2) is 0 Å². The zero-order chi connectivity index (χ0) is 13.7. The number of hydrogen-bond donors (Lipinski definition) is 1. The molecule has 1 aromatic rings. The molecule has 0 saturated carbocycles. The molecule has 2 heterocycles. The molecule has 0 amide bonds. The Balaban J connectivity index is 1.58. The van der Waals surface area contributed by atoms with Crippen LogP contribution >= 0.6 is 0 Å². The normalized spacial score (nSPS) is 34.1. The fourth-order valence-electron chi connectivity index (χ4n) is 4.58. The summed E-state index contributed by atoms with van der Waals surface area (Å²) in [6.45, 7) is 2.45. The van der Waals surface area contributed by atoms with E-state index >= 15 is 0 Å². The van der Waals surface area contributed by atoms with Gasteiger partial charge in [-0.05, 0) is 62.4 Å². The second-order valence-corrected chi connectivity index (χ2v) is 6.77. The maximum Gasteiger partial charge on any atom is 0.115 e. The van der Waals surface area contributed by atoms with Crippen molar-refractivity contribution >= 4 is 0 Å². The summed E-state index contributed by atoms with van der Waals surface area (Å²) in [6, 6.07) is 8.11. The van der Waals surface area contributed by atoms with Gasteiger partial charge < -0.3 is 5.11 Å². The second-order valence-electron chi connectivity index (χ2n) is 6.77. The van der Waals surface area contributed by atoms with Crippen LogP contribution in [0.2, 0.25) is 0 Å². The molecule has 0 spiro atoms. The van der Waals surface area contributed by atoms with E-state index in [1.165, 1.54) is 49.9 Å². The third-order valence-corrected chi connectivity index (χ3v) is 5.79. The molecule has 1 aliphatic carbocycles. The highest BCUT2D eigenvalue weighted by atomic mass is 16.3. The fraction of sp³-hybridized carbons (Fsp3) is 0.647. The molecule has 1 N–H and O–H groups in total. The van der Waals surface area contributed by atoms with Crippen LogP contribution in [0.25, 0.3) is 0 Å². The van der Waals surface area contributed by atoms with Gasteiger partial charge in [-0.1, -0.05) is 6.07 Å². The van der Waals surface area contributed by atoms with Crippen LogP contribution in [0.4, 0.5) is 0 Å². The predicted molar refractivity (Wildman–Crippen MR) is 79.9 cm³/mol. The molecule has 2 saturated heterocycles. The van der Waals surface area contributed by atoms with E-state index in [4.69, 9.17) is 0 Å². The molecule has 3 nitrogen and oxygen atoms in total. The van der Waals surface area contributed by atoms with Gasteiger partial charge in [-0.15, -0.1) is 0 Å². The Morgan fingerprint density at radius 3 is 2.85 bits per heavy atom. The molecule has 2 fully saturated rings. The summed E-state index contributed by atoms with van der Waals surface area (Å²) in [5.41, 5.74) is 2.82. The van der Waals surface area contributed by atoms with E-state index in [0.717, 1.165) is 18.5 Å². The van der Waals surface area contributed by atoms with Gasteiger partial charge in [0, 0.05) is 31.2 Å². The number of fused-ring (bicyclic) bond motifs is 3. The van der Waals surface area contributed by atoms with Crippen LogP contribution in [-0.4, -0.2) is 47.1 Å². The number of likely N-dealkylation sites (tertiary alicyclic amines) is 1. The molecule has 3 aliphatic rings. The molecular weight excluding hydrogens is 248 g/mol. The summed E-state index contributed by atoms with van der Waals surface area (Å²) in [7, 11) is 2.31. The van der Waals surface area contributed by atoms with Crippen LogP contribution in [-0.2, 0) is 6.42 Å². The lowest BCUT2D eigenvalue weighted by Crippen LogP contribution is -2.37. The number of aromatic hydroxyl groups is 1. The Morgan fingerprint density at radius 1 is 1.10 bits per heavy atom. The first-order valence-corrected chi connectivity index (χ1v) is 8.00. The number of phenolic OH excluding ortho intramolecular Hbond substituents is 1. The Labute approximate surface area is 121 Å². The van der Waals surface area contributed by atoms with Crippen molar-refractivity contribution in [1.82, 2.24) is 9.80 Å². The van der Waals surface area contributed by atoms with Crippen LogP contribution in [0.5, 0.6) is 5.75 Å². The van der Waals surface area contributed by atoms with E-state index < -0.39 is 0 Å². The summed E-state index contributed by atoms with van der Waals surface area (Å²) < 4.78 is 0. The number of benzene rings is 1. The van der Waals surface area contributed by atoms with Crippen LogP contribution in [0.1, 0.15) is 42.9 Å². The predicted octanol–water partition coefficient (Wildman–Crippen LogP) is 2.55. The van der Waals surface area contributed by atoms with E-state index in [2.05, 4.69) is 22.9 Å². The molecule has 3 heteroatoms. The smallest absolute Gasteiger partial charge is 0.115 e. The third kappa shape index (κ3) is 1.95. The van der Waals surface area contributed by atoms with Gasteiger partial charge >= 0.3 is 0 Å². The summed E-state index contributed by atoms with van der Waals surface area (Å²) >= 11 is 0. The van der Waals surface area contributed by atoms with E-state index in [1.807, 2.05) is 12.1 Å². The Morgan fingerprint density at radius 2 is 1.95 bits per heavy atom. The van der Waals surface area contributed by atoms with Gasteiger partial charge in [0.15, 0.2) is 0 Å². The van der Waals surface area contributed by atoms with Crippen LogP contribution in [0.15, 0.2) is 18.2 Å².